The molecule has 1 aliphatic carbocycles. The Kier molecular flexibility index (Phi) is 2.83. The van der Waals surface area contributed by atoms with Crippen molar-refractivity contribution in [3.05, 3.63) is 34.3 Å². The monoisotopic (exact) mass is 253 g/mol. The van der Waals surface area contributed by atoms with E-state index in [1.807, 2.05) is 0 Å². The molecule has 0 spiro atoms. The molecular weight excluding hydrogens is 242 g/mol. The van der Waals surface area contributed by atoms with Gasteiger partial charge in [-0.2, -0.15) is 0 Å². The second kappa shape index (κ2) is 4.04. The van der Waals surface area contributed by atoms with Crippen LogP contribution in [0.25, 0.3) is 0 Å². The number of aryl methyl sites for hydroxylation is 1. The van der Waals surface area contributed by atoms with Crippen LogP contribution < -0.4 is 5.32 Å². The summed E-state index contributed by atoms with van der Waals surface area (Å²) >= 11 is 5.81. The molecule has 2 N–H and O–H groups in total. The number of hydrogen-bond donors (Lipinski definition) is 2. The highest BCUT2D eigenvalue weighted by Crippen LogP contribution is 2.36. The summed E-state index contributed by atoms with van der Waals surface area (Å²) in [5.41, 5.74) is 0.129. The van der Waals surface area contributed by atoms with Gasteiger partial charge in [0, 0.05) is 10.6 Å². The molecule has 0 heterocycles. The summed E-state index contributed by atoms with van der Waals surface area (Å²) < 4.78 is 0. The third-order valence-corrected chi connectivity index (χ3v) is 3.19. The van der Waals surface area contributed by atoms with Gasteiger partial charge < -0.3 is 10.4 Å². The van der Waals surface area contributed by atoms with Crippen LogP contribution in [0.1, 0.15) is 28.8 Å². The van der Waals surface area contributed by atoms with Gasteiger partial charge in [-0.25, -0.2) is 4.79 Å². The van der Waals surface area contributed by atoms with E-state index in [1.165, 1.54) is 0 Å². The van der Waals surface area contributed by atoms with Gasteiger partial charge in [0.2, 0.25) is 0 Å². The normalized spacial score (nSPS) is 16.4. The predicted octanol–water partition coefficient (Wildman–Crippen LogP) is 2.00. The van der Waals surface area contributed by atoms with Crippen molar-refractivity contribution in [1.82, 2.24) is 5.32 Å². The van der Waals surface area contributed by atoms with Gasteiger partial charge in [-0.15, -0.1) is 0 Å². The average Bonchev–Trinajstić information content (AvgIpc) is 3.02. The largest absolute Gasteiger partial charge is 0.480 e. The summed E-state index contributed by atoms with van der Waals surface area (Å²) in [6.07, 6.45) is 0.960. The van der Waals surface area contributed by atoms with E-state index in [-0.39, 0.29) is 5.91 Å². The smallest absolute Gasteiger partial charge is 0.329 e. The highest BCUT2D eigenvalue weighted by Gasteiger charge is 2.51. The standard InChI is InChI=1S/C12H12ClNO3/c1-7-2-3-8(13)6-9(7)10(15)14-12(4-5-12)11(16)17/h2-3,6H,4-5H2,1H3,(H,14,15)(H,16,17). The number of rotatable bonds is 3. The zero-order chi connectivity index (χ0) is 12.6. The Bertz CT molecular complexity index is 495. The Morgan fingerprint density at radius 3 is 2.59 bits per heavy atom. The molecular formula is C12H12ClNO3. The molecule has 1 amide bonds. The molecule has 1 saturated carbocycles. The molecule has 0 bridgehead atoms. The molecule has 1 aliphatic rings. The lowest BCUT2D eigenvalue weighted by molar-refractivity contribution is -0.140. The van der Waals surface area contributed by atoms with Crippen LogP contribution in [0.15, 0.2) is 18.2 Å². The molecule has 5 heteroatoms. The van der Waals surface area contributed by atoms with E-state index in [0.717, 1.165) is 5.56 Å². The number of aliphatic carboxylic acids is 1. The molecule has 0 radical (unpaired) electrons. The van der Waals surface area contributed by atoms with E-state index in [1.54, 1.807) is 25.1 Å². The van der Waals surface area contributed by atoms with Gasteiger partial charge in [-0.1, -0.05) is 17.7 Å². The maximum absolute atomic E-state index is 11.9. The minimum atomic E-state index is -1.06. The number of benzene rings is 1. The van der Waals surface area contributed by atoms with Crippen molar-refractivity contribution >= 4 is 23.5 Å². The number of amides is 1. The van der Waals surface area contributed by atoms with Crippen LogP contribution in [-0.4, -0.2) is 22.5 Å². The molecule has 17 heavy (non-hydrogen) atoms. The lowest BCUT2D eigenvalue weighted by Gasteiger charge is -2.13. The Labute approximate surface area is 104 Å². The third kappa shape index (κ3) is 2.26. The van der Waals surface area contributed by atoms with Crippen LogP contribution in [0.4, 0.5) is 0 Å². The maximum Gasteiger partial charge on any atom is 0.329 e. The zero-order valence-corrected chi connectivity index (χ0v) is 10.0. The van der Waals surface area contributed by atoms with Gasteiger partial charge in [0.25, 0.3) is 5.91 Å². The van der Waals surface area contributed by atoms with Gasteiger partial charge >= 0.3 is 5.97 Å². The average molecular weight is 254 g/mol. The fourth-order valence-electron chi connectivity index (χ4n) is 1.64. The molecule has 0 saturated heterocycles. The highest BCUT2D eigenvalue weighted by molar-refractivity contribution is 6.31. The van der Waals surface area contributed by atoms with Gasteiger partial charge in [0.15, 0.2) is 0 Å². The first-order valence-corrected chi connectivity index (χ1v) is 5.64. The van der Waals surface area contributed by atoms with E-state index in [0.29, 0.717) is 23.4 Å². The van der Waals surface area contributed by atoms with Crippen molar-refractivity contribution in [2.75, 3.05) is 0 Å². The third-order valence-electron chi connectivity index (χ3n) is 2.96. The molecule has 0 aliphatic heterocycles. The van der Waals surface area contributed by atoms with Crippen LogP contribution in [0.2, 0.25) is 5.02 Å². The highest BCUT2D eigenvalue weighted by atomic mass is 35.5. The number of carbonyl (C=O) groups excluding carboxylic acids is 1. The number of carboxylic acids is 1. The Morgan fingerprint density at radius 2 is 2.06 bits per heavy atom. The van der Waals surface area contributed by atoms with E-state index >= 15 is 0 Å². The molecule has 2 rings (SSSR count). The van der Waals surface area contributed by atoms with Crippen LogP contribution >= 0.6 is 11.6 Å². The number of hydrogen-bond acceptors (Lipinski definition) is 2. The first kappa shape index (κ1) is 11.9. The molecule has 1 aromatic carbocycles. The predicted molar refractivity (Wildman–Crippen MR) is 63.3 cm³/mol. The van der Waals surface area contributed by atoms with Crippen LogP contribution in [-0.2, 0) is 4.79 Å². The first-order chi connectivity index (χ1) is 7.94. The van der Waals surface area contributed by atoms with E-state index < -0.39 is 11.5 Å². The molecule has 0 unspecified atom stereocenters. The molecule has 4 nitrogen and oxygen atoms in total. The summed E-state index contributed by atoms with van der Waals surface area (Å²) in [6.45, 7) is 1.78. The number of halogens is 1. The Balaban J connectivity index is 2.21. The Morgan fingerprint density at radius 1 is 1.41 bits per heavy atom. The number of nitrogens with one attached hydrogen (secondary N) is 1. The van der Waals surface area contributed by atoms with E-state index in [2.05, 4.69) is 5.32 Å². The maximum atomic E-state index is 11.9. The van der Waals surface area contributed by atoms with Crippen molar-refractivity contribution in [2.24, 2.45) is 0 Å². The van der Waals surface area contributed by atoms with Crippen molar-refractivity contribution in [1.29, 1.82) is 0 Å². The molecule has 90 valence electrons. The first-order valence-electron chi connectivity index (χ1n) is 5.27. The van der Waals surface area contributed by atoms with Crippen molar-refractivity contribution < 1.29 is 14.7 Å². The van der Waals surface area contributed by atoms with E-state index in [9.17, 15) is 9.59 Å². The van der Waals surface area contributed by atoms with Crippen molar-refractivity contribution in [2.45, 2.75) is 25.3 Å². The van der Waals surface area contributed by atoms with Gasteiger partial charge in [-0.3, -0.25) is 4.79 Å². The summed E-state index contributed by atoms with van der Waals surface area (Å²) in [7, 11) is 0. The van der Waals surface area contributed by atoms with Crippen molar-refractivity contribution in [3.8, 4) is 0 Å². The molecule has 1 aromatic rings. The SMILES string of the molecule is Cc1ccc(Cl)cc1C(=O)NC1(C(=O)O)CC1. The summed E-state index contributed by atoms with van der Waals surface area (Å²) in [5, 5.41) is 12.0. The summed E-state index contributed by atoms with van der Waals surface area (Å²) in [4.78, 5) is 22.9. The fourth-order valence-corrected chi connectivity index (χ4v) is 1.81. The molecule has 0 atom stereocenters. The van der Waals surface area contributed by atoms with Crippen LogP contribution in [0.3, 0.4) is 0 Å². The Hall–Kier alpha value is -1.55. The lowest BCUT2D eigenvalue weighted by atomic mass is 10.1. The van der Waals surface area contributed by atoms with Gasteiger partial charge in [-0.05, 0) is 37.5 Å². The van der Waals surface area contributed by atoms with Gasteiger partial charge in [0.05, 0.1) is 0 Å². The number of carbonyl (C=O) groups is 2. The van der Waals surface area contributed by atoms with Crippen molar-refractivity contribution in [3.63, 3.8) is 0 Å². The lowest BCUT2D eigenvalue weighted by Crippen LogP contribution is -2.43. The van der Waals surface area contributed by atoms with Crippen LogP contribution in [0.5, 0.6) is 0 Å². The second-order valence-electron chi connectivity index (χ2n) is 4.30. The fraction of sp³-hybridized carbons (Fsp3) is 0.333. The van der Waals surface area contributed by atoms with Crippen LogP contribution in [0, 0.1) is 6.92 Å². The van der Waals surface area contributed by atoms with Gasteiger partial charge in [0.1, 0.15) is 5.54 Å². The number of carboxylic acid groups (broad SMARTS) is 1. The summed E-state index contributed by atoms with van der Waals surface area (Å²) in [6, 6.07) is 4.97. The topological polar surface area (TPSA) is 66.4 Å². The zero-order valence-electron chi connectivity index (χ0n) is 9.29. The summed E-state index contributed by atoms with van der Waals surface area (Å²) in [5.74, 6) is -1.37. The molecule has 0 aromatic heterocycles. The minimum absolute atomic E-state index is 0.384. The second-order valence-corrected chi connectivity index (χ2v) is 4.74. The van der Waals surface area contributed by atoms with E-state index in [4.69, 9.17) is 16.7 Å². The quantitative estimate of drug-likeness (QED) is 0.866. The minimum Gasteiger partial charge on any atom is -0.480 e. The molecule has 1 fully saturated rings.